The van der Waals surface area contributed by atoms with Gasteiger partial charge in [0.05, 0.1) is 0 Å². The Morgan fingerprint density at radius 1 is 1.50 bits per heavy atom. The molecule has 0 aliphatic rings. The summed E-state index contributed by atoms with van der Waals surface area (Å²) in [6.07, 6.45) is 1.35. The third-order valence-electron chi connectivity index (χ3n) is 2.20. The number of carbonyl (C=O) groups is 1. The largest absolute Gasteiger partial charge is 0.440 e. The number of halogens is 1. The highest BCUT2D eigenvalue weighted by Gasteiger charge is 2.13. The van der Waals surface area contributed by atoms with Gasteiger partial charge in [-0.05, 0) is 12.1 Å². The first-order valence-electron chi connectivity index (χ1n) is 4.95. The van der Waals surface area contributed by atoms with E-state index in [9.17, 15) is 4.79 Å². The fourth-order valence-electron chi connectivity index (χ4n) is 1.45. The number of aromatic nitrogens is 1. The number of carbonyl (C=O) groups excluding carboxylic acids is 1. The molecule has 1 aromatic carbocycles. The second kappa shape index (κ2) is 4.49. The van der Waals surface area contributed by atoms with Crippen LogP contribution in [-0.4, -0.2) is 11.3 Å². The van der Waals surface area contributed by atoms with Crippen LogP contribution < -0.4 is 0 Å². The zero-order valence-electron chi connectivity index (χ0n) is 8.74. The Hall–Kier alpha value is -1.61. The highest BCUT2D eigenvalue weighted by molar-refractivity contribution is 6.30. The normalized spacial score (nSPS) is 10.4. The molecule has 2 aromatic rings. The van der Waals surface area contributed by atoms with Crippen LogP contribution >= 0.6 is 11.6 Å². The molecule has 0 atom stereocenters. The van der Waals surface area contributed by atoms with E-state index in [0.717, 1.165) is 5.56 Å². The Labute approximate surface area is 98.1 Å². The van der Waals surface area contributed by atoms with E-state index in [0.29, 0.717) is 35.1 Å². The molecule has 4 heteroatoms. The Morgan fingerprint density at radius 2 is 2.31 bits per heavy atom. The van der Waals surface area contributed by atoms with Gasteiger partial charge in [-0.2, -0.15) is 0 Å². The van der Waals surface area contributed by atoms with Crippen LogP contribution in [0.1, 0.15) is 23.3 Å². The minimum absolute atomic E-state index is 0.319. The van der Waals surface area contributed by atoms with Crippen molar-refractivity contribution < 1.29 is 9.21 Å². The van der Waals surface area contributed by atoms with Crippen LogP contribution in [0.4, 0.5) is 0 Å². The lowest BCUT2D eigenvalue weighted by Gasteiger charge is -1.97. The van der Waals surface area contributed by atoms with E-state index in [1.54, 1.807) is 18.2 Å². The van der Waals surface area contributed by atoms with E-state index in [1.807, 2.05) is 13.0 Å². The van der Waals surface area contributed by atoms with Crippen molar-refractivity contribution in [2.24, 2.45) is 0 Å². The molecule has 82 valence electrons. The molecule has 0 spiro atoms. The van der Waals surface area contributed by atoms with Gasteiger partial charge in [-0.3, -0.25) is 4.79 Å². The van der Waals surface area contributed by atoms with Crippen molar-refractivity contribution in [1.82, 2.24) is 4.98 Å². The van der Waals surface area contributed by atoms with Crippen molar-refractivity contribution in [2.75, 3.05) is 0 Å². The molecule has 0 amide bonds. The van der Waals surface area contributed by atoms with Gasteiger partial charge in [0.2, 0.25) is 0 Å². The topological polar surface area (TPSA) is 43.1 Å². The van der Waals surface area contributed by atoms with Crippen LogP contribution in [0.15, 0.2) is 28.7 Å². The second-order valence-electron chi connectivity index (χ2n) is 3.30. The first-order chi connectivity index (χ1) is 7.74. The third kappa shape index (κ3) is 1.99. The molecule has 0 saturated heterocycles. The molecule has 3 nitrogen and oxygen atoms in total. The number of hydrogen-bond acceptors (Lipinski definition) is 3. The van der Waals surface area contributed by atoms with Gasteiger partial charge in [0.15, 0.2) is 17.9 Å². The lowest BCUT2D eigenvalue weighted by Crippen LogP contribution is -1.84. The number of hydrogen-bond donors (Lipinski definition) is 0. The van der Waals surface area contributed by atoms with Gasteiger partial charge < -0.3 is 4.42 Å². The van der Waals surface area contributed by atoms with Crippen LogP contribution in [0.3, 0.4) is 0 Å². The van der Waals surface area contributed by atoms with Gasteiger partial charge in [-0.25, -0.2) is 4.98 Å². The summed E-state index contributed by atoms with van der Waals surface area (Å²) in [5.41, 5.74) is 1.08. The summed E-state index contributed by atoms with van der Waals surface area (Å²) in [6.45, 7) is 1.92. The second-order valence-corrected chi connectivity index (χ2v) is 3.74. The molecule has 0 saturated carbocycles. The van der Waals surface area contributed by atoms with Crippen molar-refractivity contribution in [3.63, 3.8) is 0 Å². The summed E-state index contributed by atoms with van der Waals surface area (Å²) < 4.78 is 5.49. The minimum Gasteiger partial charge on any atom is -0.440 e. The van der Waals surface area contributed by atoms with Crippen molar-refractivity contribution in [2.45, 2.75) is 13.3 Å². The predicted octanol–water partition coefficient (Wildman–Crippen LogP) is 3.37. The van der Waals surface area contributed by atoms with Gasteiger partial charge in [-0.15, -0.1) is 0 Å². The van der Waals surface area contributed by atoms with Gasteiger partial charge in [0, 0.05) is 17.0 Å². The maximum Gasteiger partial charge on any atom is 0.195 e. The maximum atomic E-state index is 10.9. The third-order valence-corrected chi connectivity index (χ3v) is 2.43. The average Bonchev–Trinajstić information content (AvgIpc) is 2.72. The highest BCUT2D eigenvalue weighted by Crippen LogP contribution is 2.26. The smallest absolute Gasteiger partial charge is 0.195 e. The van der Waals surface area contributed by atoms with Crippen LogP contribution in [-0.2, 0) is 6.42 Å². The Morgan fingerprint density at radius 3 is 2.94 bits per heavy atom. The molecule has 0 fully saturated rings. The van der Waals surface area contributed by atoms with Crippen LogP contribution in [0.25, 0.3) is 11.3 Å². The van der Waals surface area contributed by atoms with Crippen molar-refractivity contribution in [3.05, 3.63) is 40.9 Å². The maximum absolute atomic E-state index is 10.9. The molecular formula is C12H10ClNO2. The molecule has 1 heterocycles. The molecule has 0 aliphatic heterocycles. The Bertz CT molecular complexity index is 519. The van der Waals surface area contributed by atoms with Crippen LogP contribution in [0, 0.1) is 0 Å². The van der Waals surface area contributed by atoms with Gasteiger partial charge in [0.25, 0.3) is 0 Å². The zero-order chi connectivity index (χ0) is 11.5. The highest BCUT2D eigenvalue weighted by atomic mass is 35.5. The molecule has 0 aliphatic carbocycles. The summed E-state index contributed by atoms with van der Waals surface area (Å²) in [5, 5.41) is 0.601. The summed E-state index contributed by atoms with van der Waals surface area (Å²) in [4.78, 5) is 14.9. The van der Waals surface area contributed by atoms with E-state index in [1.165, 1.54) is 0 Å². The Balaban J connectivity index is 2.54. The molecule has 0 N–H and O–H groups in total. The zero-order valence-corrected chi connectivity index (χ0v) is 9.49. The lowest BCUT2D eigenvalue weighted by atomic mass is 10.1. The van der Waals surface area contributed by atoms with E-state index in [4.69, 9.17) is 16.0 Å². The van der Waals surface area contributed by atoms with Gasteiger partial charge in [-0.1, -0.05) is 30.7 Å². The summed E-state index contributed by atoms with van der Waals surface area (Å²) in [5.74, 6) is 1.03. The summed E-state index contributed by atoms with van der Waals surface area (Å²) in [6, 6.07) is 7.15. The van der Waals surface area contributed by atoms with Gasteiger partial charge >= 0.3 is 0 Å². The molecule has 0 radical (unpaired) electrons. The monoisotopic (exact) mass is 235 g/mol. The number of nitrogens with zero attached hydrogens (tertiary/aromatic N) is 1. The quantitative estimate of drug-likeness (QED) is 0.766. The standard InChI is InChI=1S/C12H10ClNO2/c1-2-11-14-10(7-15)12(16-11)8-4-3-5-9(13)6-8/h3-7H,2H2,1H3. The minimum atomic E-state index is 0.319. The molecule has 0 bridgehead atoms. The number of rotatable bonds is 3. The fraction of sp³-hybridized carbons (Fsp3) is 0.167. The van der Waals surface area contributed by atoms with Gasteiger partial charge in [0.1, 0.15) is 5.69 Å². The van der Waals surface area contributed by atoms with E-state index >= 15 is 0 Å². The number of benzene rings is 1. The SMILES string of the molecule is CCc1nc(C=O)c(-c2cccc(Cl)c2)o1. The average molecular weight is 236 g/mol. The van der Waals surface area contributed by atoms with Crippen molar-refractivity contribution in [3.8, 4) is 11.3 Å². The fourth-order valence-corrected chi connectivity index (χ4v) is 1.64. The Kier molecular flexibility index (Phi) is 3.06. The predicted molar refractivity (Wildman–Crippen MR) is 61.7 cm³/mol. The van der Waals surface area contributed by atoms with E-state index < -0.39 is 0 Å². The molecule has 16 heavy (non-hydrogen) atoms. The number of oxazole rings is 1. The first-order valence-corrected chi connectivity index (χ1v) is 5.33. The number of aryl methyl sites for hydroxylation is 1. The molecule has 2 rings (SSSR count). The van der Waals surface area contributed by atoms with Crippen molar-refractivity contribution >= 4 is 17.9 Å². The first kappa shape index (κ1) is 10.9. The lowest BCUT2D eigenvalue weighted by molar-refractivity contribution is 0.111. The summed E-state index contributed by atoms with van der Waals surface area (Å²) >= 11 is 5.88. The van der Waals surface area contributed by atoms with Crippen LogP contribution in [0.2, 0.25) is 5.02 Å². The molecule has 1 aromatic heterocycles. The van der Waals surface area contributed by atoms with Crippen LogP contribution in [0.5, 0.6) is 0 Å². The van der Waals surface area contributed by atoms with Crippen molar-refractivity contribution in [1.29, 1.82) is 0 Å². The molecular weight excluding hydrogens is 226 g/mol. The number of aldehydes is 1. The van der Waals surface area contributed by atoms with E-state index in [2.05, 4.69) is 4.98 Å². The summed E-state index contributed by atoms with van der Waals surface area (Å²) in [7, 11) is 0. The molecule has 0 unspecified atom stereocenters. The van der Waals surface area contributed by atoms with E-state index in [-0.39, 0.29) is 0 Å².